The Morgan fingerprint density at radius 1 is 1.19 bits per heavy atom. The van der Waals surface area contributed by atoms with E-state index >= 15 is 0 Å². The van der Waals surface area contributed by atoms with Crippen LogP contribution in [-0.4, -0.2) is 64.5 Å². The third kappa shape index (κ3) is 2.65. The van der Waals surface area contributed by atoms with Crippen LogP contribution in [0.15, 0.2) is 30.5 Å². The highest BCUT2D eigenvalue weighted by Crippen LogP contribution is 2.47. The van der Waals surface area contributed by atoms with E-state index in [9.17, 15) is 4.79 Å². The average Bonchev–Trinajstić information content (AvgIpc) is 3.34. The number of rotatable bonds is 3. The number of imidazole rings is 1. The van der Waals surface area contributed by atoms with Crippen molar-refractivity contribution < 1.29 is 9.53 Å². The van der Waals surface area contributed by atoms with Crippen LogP contribution in [0.2, 0.25) is 0 Å². The largest absolute Gasteiger partial charge is 0.497 e. The van der Waals surface area contributed by atoms with Crippen LogP contribution >= 0.6 is 0 Å². The highest BCUT2D eigenvalue weighted by Gasteiger charge is 2.54. The van der Waals surface area contributed by atoms with Gasteiger partial charge in [-0.15, -0.1) is 0 Å². The fraction of sp³-hybridized carbons (Fsp3) is 0.524. The van der Waals surface area contributed by atoms with Crippen molar-refractivity contribution in [3.8, 4) is 5.75 Å². The molecule has 0 aliphatic carbocycles. The van der Waals surface area contributed by atoms with Gasteiger partial charge in [-0.2, -0.15) is 0 Å². The molecule has 0 spiro atoms. The molecule has 4 aliphatic heterocycles. The van der Waals surface area contributed by atoms with E-state index in [1.165, 1.54) is 18.4 Å². The summed E-state index contributed by atoms with van der Waals surface area (Å²) in [7, 11) is 1.69. The van der Waals surface area contributed by atoms with Gasteiger partial charge in [-0.05, 0) is 56.5 Å². The van der Waals surface area contributed by atoms with E-state index in [4.69, 9.17) is 4.74 Å². The maximum absolute atomic E-state index is 13.3. The number of piperidine rings is 3. The Hall–Kier alpha value is -2.34. The number of methoxy groups -OCH3 is 1. The van der Waals surface area contributed by atoms with Crippen molar-refractivity contribution in [3.05, 3.63) is 47.5 Å². The number of hydrogen-bond acceptors (Lipinski definition) is 4. The smallest absolute Gasteiger partial charge is 0.289 e. The molecule has 0 radical (unpaired) electrons. The number of nitrogens with zero attached hydrogens (tertiary/aromatic N) is 3. The molecule has 3 atom stereocenters. The van der Waals surface area contributed by atoms with Crippen molar-refractivity contribution in [2.75, 3.05) is 26.7 Å². The van der Waals surface area contributed by atoms with Gasteiger partial charge in [0.2, 0.25) is 0 Å². The Morgan fingerprint density at radius 3 is 2.56 bits per heavy atom. The van der Waals surface area contributed by atoms with Gasteiger partial charge in [-0.1, -0.05) is 12.1 Å². The first-order chi connectivity index (χ1) is 13.2. The number of aromatic nitrogens is 2. The van der Waals surface area contributed by atoms with Crippen molar-refractivity contribution in [1.82, 2.24) is 19.8 Å². The molecule has 5 heterocycles. The number of H-pyrrole nitrogens is 1. The lowest BCUT2D eigenvalue weighted by Crippen LogP contribution is -2.60. The lowest BCUT2D eigenvalue weighted by atomic mass is 9.75. The predicted molar refractivity (Wildman–Crippen MR) is 102 cm³/mol. The summed E-state index contributed by atoms with van der Waals surface area (Å²) in [5, 5.41) is 0. The van der Waals surface area contributed by atoms with Gasteiger partial charge in [0.15, 0.2) is 5.82 Å². The third-order valence-electron chi connectivity index (χ3n) is 6.70. The second-order valence-electron chi connectivity index (χ2n) is 8.11. The molecule has 2 aromatic rings. The summed E-state index contributed by atoms with van der Waals surface area (Å²) in [5.41, 5.74) is 2.22. The van der Waals surface area contributed by atoms with Crippen LogP contribution in [0.3, 0.4) is 0 Å². The van der Waals surface area contributed by atoms with E-state index in [0.29, 0.717) is 23.7 Å². The SMILES string of the molecule is COc1ccc([C@H]2CN(C(=O)c3ncc(C)[nH]3)[C@H]3C4CCN(CC4)[C@@H]23)cc1. The number of nitrogens with one attached hydrogen (secondary N) is 1. The molecule has 4 fully saturated rings. The molecule has 27 heavy (non-hydrogen) atoms. The summed E-state index contributed by atoms with van der Waals surface area (Å²) in [6.07, 6.45) is 4.12. The lowest BCUT2D eigenvalue weighted by Gasteiger charge is -2.51. The van der Waals surface area contributed by atoms with Gasteiger partial charge < -0.3 is 14.6 Å². The summed E-state index contributed by atoms with van der Waals surface area (Å²) in [6.45, 7) is 5.00. The van der Waals surface area contributed by atoms with Gasteiger partial charge in [0.05, 0.1) is 13.2 Å². The van der Waals surface area contributed by atoms with Gasteiger partial charge in [-0.25, -0.2) is 4.98 Å². The maximum Gasteiger partial charge on any atom is 0.289 e. The first kappa shape index (κ1) is 16.8. The zero-order chi connectivity index (χ0) is 18.5. The van der Waals surface area contributed by atoms with Gasteiger partial charge in [0.25, 0.3) is 5.91 Å². The third-order valence-corrected chi connectivity index (χ3v) is 6.70. The molecule has 1 aromatic heterocycles. The van der Waals surface area contributed by atoms with Gasteiger partial charge >= 0.3 is 0 Å². The average molecular weight is 366 g/mol. The van der Waals surface area contributed by atoms with Gasteiger partial charge in [0.1, 0.15) is 5.75 Å². The molecular weight excluding hydrogens is 340 g/mol. The standard InChI is InChI=1S/C21H26N4O2/c1-13-11-22-20(23-13)21(26)25-12-17(14-3-5-16(27-2)6-4-14)19-18(25)15-7-9-24(19)10-8-15/h3-6,11,15,17-19H,7-10,12H2,1-2H3,(H,22,23)/t17-,18+,19+/m1/s1. The quantitative estimate of drug-likeness (QED) is 0.906. The minimum absolute atomic E-state index is 0.0443. The molecule has 2 bridgehead atoms. The molecule has 1 aromatic carbocycles. The first-order valence-corrected chi connectivity index (χ1v) is 9.86. The molecule has 4 aliphatic rings. The normalized spacial score (nSPS) is 31.8. The Bertz CT molecular complexity index is 838. The second-order valence-corrected chi connectivity index (χ2v) is 8.11. The van der Waals surface area contributed by atoms with Crippen LogP contribution < -0.4 is 4.74 Å². The van der Waals surface area contributed by atoms with E-state index < -0.39 is 0 Å². The Balaban J connectivity index is 1.50. The molecule has 4 saturated heterocycles. The number of benzene rings is 1. The second kappa shape index (κ2) is 6.37. The summed E-state index contributed by atoms with van der Waals surface area (Å²) in [5.74, 6) is 2.32. The highest BCUT2D eigenvalue weighted by atomic mass is 16.5. The monoisotopic (exact) mass is 366 g/mol. The van der Waals surface area contributed by atoms with Crippen molar-refractivity contribution in [2.45, 2.75) is 37.8 Å². The van der Waals surface area contributed by atoms with Crippen LogP contribution in [0.5, 0.6) is 5.75 Å². The topological polar surface area (TPSA) is 61.5 Å². The zero-order valence-electron chi connectivity index (χ0n) is 15.9. The molecule has 1 N–H and O–H groups in total. The van der Waals surface area contributed by atoms with Crippen LogP contribution in [0, 0.1) is 12.8 Å². The summed E-state index contributed by atoms with van der Waals surface area (Å²) in [6, 6.07) is 9.08. The number of likely N-dealkylation sites (tertiary alicyclic amines) is 1. The van der Waals surface area contributed by atoms with Gasteiger partial charge in [-0.3, -0.25) is 9.69 Å². The van der Waals surface area contributed by atoms with Crippen LogP contribution in [0.25, 0.3) is 0 Å². The highest BCUT2D eigenvalue weighted by molar-refractivity contribution is 5.91. The number of fused-ring (bicyclic) bond motifs is 2. The number of hydrogen-bond donors (Lipinski definition) is 1. The van der Waals surface area contributed by atoms with Gasteiger partial charge in [0, 0.05) is 30.4 Å². The number of amides is 1. The number of ether oxygens (including phenoxy) is 1. The number of carbonyl (C=O) groups is 1. The minimum Gasteiger partial charge on any atom is -0.497 e. The minimum atomic E-state index is 0.0443. The van der Waals surface area contributed by atoms with E-state index in [-0.39, 0.29) is 11.9 Å². The zero-order valence-corrected chi connectivity index (χ0v) is 15.9. The maximum atomic E-state index is 13.3. The van der Waals surface area contributed by atoms with Crippen molar-refractivity contribution in [1.29, 1.82) is 0 Å². The lowest BCUT2D eigenvalue weighted by molar-refractivity contribution is -0.00374. The van der Waals surface area contributed by atoms with E-state index in [2.05, 4.69) is 31.9 Å². The van der Waals surface area contributed by atoms with Crippen molar-refractivity contribution >= 4 is 5.91 Å². The Kier molecular flexibility index (Phi) is 3.97. The fourth-order valence-electron chi connectivity index (χ4n) is 5.46. The van der Waals surface area contributed by atoms with Crippen molar-refractivity contribution in [2.24, 2.45) is 5.92 Å². The molecule has 0 saturated carbocycles. The Morgan fingerprint density at radius 2 is 1.93 bits per heavy atom. The summed E-state index contributed by atoms with van der Waals surface area (Å²) >= 11 is 0. The number of carbonyl (C=O) groups excluding carboxylic acids is 1. The summed E-state index contributed by atoms with van der Waals surface area (Å²) in [4.78, 5) is 25.4. The molecular formula is C21H26N4O2. The Labute approximate surface area is 159 Å². The van der Waals surface area contributed by atoms with Crippen molar-refractivity contribution in [3.63, 3.8) is 0 Å². The molecule has 142 valence electrons. The molecule has 6 nitrogen and oxygen atoms in total. The molecule has 0 unspecified atom stereocenters. The fourth-order valence-corrected chi connectivity index (χ4v) is 5.46. The molecule has 1 amide bonds. The van der Waals surface area contributed by atoms with Crippen LogP contribution in [0.1, 0.15) is 40.6 Å². The van der Waals surface area contributed by atoms with E-state index in [0.717, 1.165) is 31.1 Å². The van der Waals surface area contributed by atoms with E-state index in [1.807, 2.05) is 19.1 Å². The number of aryl methyl sites for hydroxylation is 1. The van der Waals surface area contributed by atoms with Crippen LogP contribution in [0.4, 0.5) is 0 Å². The van der Waals surface area contributed by atoms with E-state index in [1.54, 1.807) is 13.3 Å². The molecule has 6 heteroatoms. The predicted octanol–water partition coefficient (Wildman–Crippen LogP) is 2.43. The number of aromatic amines is 1. The molecule has 6 rings (SSSR count). The van der Waals surface area contributed by atoms with Crippen LogP contribution in [-0.2, 0) is 0 Å². The summed E-state index contributed by atoms with van der Waals surface area (Å²) < 4.78 is 5.32. The first-order valence-electron chi connectivity index (χ1n) is 9.86.